The van der Waals surface area contributed by atoms with Crippen LogP contribution >= 0.6 is 0 Å². The molecular weight excluding hydrogens is 304 g/mol. The Labute approximate surface area is 136 Å². The van der Waals surface area contributed by atoms with Gasteiger partial charge in [-0.25, -0.2) is 15.0 Å². The van der Waals surface area contributed by atoms with Gasteiger partial charge >= 0.3 is 0 Å². The molecule has 2 heterocycles. The maximum absolute atomic E-state index is 12.9. The van der Waals surface area contributed by atoms with E-state index in [1.165, 1.54) is 0 Å². The summed E-state index contributed by atoms with van der Waals surface area (Å²) in [7, 11) is 0. The lowest BCUT2D eigenvalue weighted by molar-refractivity contribution is 0.0948. The van der Waals surface area contributed by atoms with Crippen LogP contribution in [-0.2, 0) is 0 Å². The smallest absolute Gasteiger partial charge is 0.230 e. The van der Waals surface area contributed by atoms with Crippen LogP contribution in [0.25, 0.3) is 11.0 Å². The number of aliphatic imine (C=N–C) groups is 1. The molecule has 1 atom stereocenters. The third-order valence-electron chi connectivity index (χ3n) is 4.23. The number of aromatic nitrogens is 2. The van der Waals surface area contributed by atoms with Gasteiger partial charge in [-0.05, 0) is 24.3 Å². The quantitative estimate of drug-likeness (QED) is 0.689. The summed E-state index contributed by atoms with van der Waals surface area (Å²) >= 11 is 0. The molecule has 6 nitrogen and oxygen atoms in total. The summed E-state index contributed by atoms with van der Waals surface area (Å²) in [5, 5.41) is 3.10. The molecular formula is C18H10N4O2. The van der Waals surface area contributed by atoms with Gasteiger partial charge in [-0.1, -0.05) is 24.3 Å². The topological polar surface area (TPSA) is 84.3 Å². The van der Waals surface area contributed by atoms with E-state index in [4.69, 9.17) is 0 Å². The van der Waals surface area contributed by atoms with Crippen molar-refractivity contribution in [1.29, 1.82) is 0 Å². The van der Waals surface area contributed by atoms with E-state index in [1.54, 1.807) is 18.2 Å². The average Bonchev–Trinajstić information content (AvgIpc) is 2.64. The summed E-state index contributed by atoms with van der Waals surface area (Å²) in [4.78, 5) is 38.8. The molecule has 0 fully saturated rings. The lowest BCUT2D eigenvalue weighted by Crippen LogP contribution is -2.48. The fourth-order valence-electron chi connectivity index (χ4n) is 3.07. The molecule has 1 aromatic heterocycles. The van der Waals surface area contributed by atoms with Crippen LogP contribution in [0.5, 0.6) is 0 Å². The normalized spacial score (nSPS) is 18.3. The minimum atomic E-state index is -0.810. The predicted octanol–water partition coefficient (Wildman–Crippen LogP) is 2.58. The number of para-hydroxylation sites is 4. The molecule has 0 saturated heterocycles. The number of benzene rings is 2. The third-order valence-corrected chi connectivity index (χ3v) is 4.23. The summed E-state index contributed by atoms with van der Waals surface area (Å²) in [6.07, 6.45) is 0. The van der Waals surface area contributed by atoms with Crippen LogP contribution in [0.4, 0.5) is 11.4 Å². The Bertz CT molecular complexity index is 1090. The van der Waals surface area contributed by atoms with Gasteiger partial charge < -0.3 is 5.32 Å². The fraction of sp³-hybridized carbons (Fsp3) is 0.0556. The first-order valence-corrected chi connectivity index (χ1v) is 7.52. The van der Waals surface area contributed by atoms with Gasteiger partial charge in [0.05, 0.1) is 22.4 Å². The SMILES string of the molecule is O=C1C2=Nc3ccccc3NC2C(=O)c2nc3ccccc3nc21. The lowest BCUT2D eigenvalue weighted by Gasteiger charge is -2.28. The first kappa shape index (κ1) is 13.1. The maximum Gasteiger partial charge on any atom is 0.230 e. The summed E-state index contributed by atoms with van der Waals surface area (Å²) in [6.45, 7) is 0. The average molecular weight is 314 g/mol. The molecule has 5 rings (SSSR count). The highest BCUT2D eigenvalue weighted by Gasteiger charge is 2.42. The number of hydrogen-bond donors (Lipinski definition) is 1. The van der Waals surface area contributed by atoms with Crippen LogP contribution in [0.1, 0.15) is 21.0 Å². The van der Waals surface area contributed by atoms with Crippen molar-refractivity contribution >= 4 is 39.7 Å². The minimum Gasteiger partial charge on any atom is -0.368 e. The molecule has 3 aromatic rings. The number of rotatable bonds is 0. The second kappa shape index (κ2) is 4.55. The van der Waals surface area contributed by atoms with Gasteiger partial charge in [0.25, 0.3) is 0 Å². The van der Waals surface area contributed by atoms with Gasteiger partial charge in [0.15, 0.2) is 0 Å². The summed E-state index contributed by atoms with van der Waals surface area (Å²) in [5.74, 6) is -0.633. The Morgan fingerprint density at radius 2 is 1.50 bits per heavy atom. The van der Waals surface area contributed by atoms with Gasteiger partial charge in [-0.15, -0.1) is 0 Å². The number of Topliss-reactive ketones (excluding diaryl/α,β-unsaturated/α-hetero) is 2. The van der Waals surface area contributed by atoms with E-state index in [9.17, 15) is 9.59 Å². The van der Waals surface area contributed by atoms with Crippen LogP contribution in [0.2, 0.25) is 0 Å². The van der Waals surface area contributed by atoms with Crippen molar-refractivity contribution in [2.45, 2.75) is 6.04 Å². The minimum absolute atomic E-state index is 0.0786. The molecule has 0 amide bonds. The second-order valence-corrected chi connectivity index (χ2v) is 5.69. The van der Waals surface area contributed by atoms with E-state index >= 15 is 0 Å². The van der Waals surface area contributed by atoms with Gasteiger partial charge in [0, 0.05) is 0 Å². The number of carbonyl (C=O) groups excluding carboxylic acids is 2. The Balaban J connectivity index is 1.76. The molecule has 1 aliphatic carbocycles. The molecule has 6 heteroatoms. The highest BCUT2D eigenvalue weighted by atomic mass is 16.1. The van der Waals surface area contributed by atoms with E-state index in [1.807, 2.05) is 30.3 Å². The van der Waals surface area contributed by atoms with Gasteiger partial charge in [-0.2, -0.15) is 0 Å². The molecule has 1 aliphatic heterocycles. The van der Waals surface area contributed by atoms with Crippen molar-refractivity contribution in [3.8, 4) is 0 Å². The molecule has 0 saturated carbocycles. The molecule has 1 unspecified atom stereocenters. The first-order valence-electron chi connectivity index (χ1n) is 7.52. The second-order valence-electron chi connectivity index (χ2n) is 5.69. The largest absolute Gasteiger partial charge is 0.368 e. The van der Waals surface area contributed by atoms with Crippen molar-refractivity contribution in [1.82, 2.24) is 9.97 Å². The number of nitrogens with zero attached hydrogens (tertiary/aromatic N) is 3. The van der Waals surface area contributed by atoms with Crippen molar-refractivity contribution in [3.63, 3.8) is 0 Å². The molecule has 2 aromatic carbocycles. The standard InChI is InChI=1S/C18H10N4O2/c23-17-13-14(20-10-6-2-1-5-9(10)19-13)18(24)16-15(17)21-11-7-3-4-8-12(11)22-16/h1-8,13,19H. The zero-order valence-electron chi connectivity index (χ0n) is 12.4. The summed E-state index contributed by atoms with van der Waals surface area (Å²) in [5.41, 5.74) is 2.90. The van der Waals surface area contributed by atoms with Crippen LogP contribution < -0.4 is 5.32 Å². The van der Waals surface area contributed by atoms with Crippen molar-refractivity contribution in [2.75, 3.05) is 5.32 Å². The van der Waals surface area contributed by atoms with Crippen LogP contribution in [0.15, 0.2) is 53.5 Å². The fourth-order valence-corrected chi connectivity index (χ4v) is 3.07. The monoisotopic (exact) mass is 314 g/mol. The van der Waals surface area contributed by atoms with Gasteiger partial charge in [0.2, 0.25) is 11.6 Å². The Morgan fingerprint density at radius 1 is 0.833 bits per heavy atom. The van der Waals surface area contributed by atoms with Crippen molar-refractivity contribution in [3.05, 3.63) is 59.9 Å². The Kier molecular flexibility index (Phi) is 2.48. The van der Waals surface area contributed by atoms with E-state index in [-0.39, 0.29) is 28.7 Å². The van der Waals surface area contributed by atoms with Gasteiger partial charge in [0.1, 0.15) is 23.1 Å². The number of fused-ring (bicyclic) bond motifs is 4. The van der Waals surface area contributed by atoms with Crippen molar-refractivity contribution in [2.24, 2.45) is 4.99 Å². The molecule has 1 N–H and O–H groups in total. The van der Waals surface area contributed by atoms with Crippen molar-refractivity contribution < 1.29 is 9.59 Å². The van der Waals surface area contributed by atoms with Crippen LogP contribution in [-0.4, -0.2) is 33.3 Å². The molecule has 0 bridgehead atoms. The lowest BCUT2D eigenvalue weighted by atomic mass is 9.89. The molecule has 0 spiro atoms. The highest BCUT2D eigenvalue weighted by molar-refractivity contribution is 6.56. The number of nitrogens with one attached hydrogen (secondary N) is 1. The number of ketones is 2. The van der Waals surface area contributed by atoms with Crippen LogP contribution in [0.3, 0.4) is 0 Å². The van der Waals surface area contributed by atoms with E-state index in [0.717, 1.165) is 5.69 Å². The molecule has 2 aliphatic rings. The molecule has 114 valence electrons. The number of carbonyl (C=O) groups is 2. The van der Waals surface area contributed by atoms with E-state index < -0.39 is 6.04 Å². The first-order chi connectivity index (χ1) is 11.7. The maximum atomic E-state index is 12.9. The highest BCUT2D eigenvalue weighted by Crippen LogP contribution is 2.33. The zero-order valence-corrected chi connectivity index (χ0v) is 12.4. The molecule has 24 heavy (non-hydrogen) atoms. The van der Waals surface area contributed by atoms with Gasteiger partial charge in [-0.3, -0.25) is 9.59 Å². The van der Waals surface area contributed by atoms with Crippen LogP contribution in [0, 0.1) is 0 Å². The number of anilines is 1. The Hall–Kier alpha value is -3.41. The number of hydrogen-bond acceptors (Lipinski definition) is 6. The summed E-state index contributed by atoms with van der Waals surface area (Å²) < 4.78 is 0. The van der Waals surface area contributed by atoms with E-state index in [2.05, 4.69) is 20.3 Å². The zero-order chi connectivity index (χ0) is 16.3. The third kappa shape index (κ3) is 1.68. The predicted molar refractivity (Wildman–Crippen MR) is 89.1 cm³/mol. The summed E-state index contributed by atoms with van der Waals surface area (Å²) in [6, 6.07) is 13.7. The Morgan fingerprint density at radius 3 is 2.29 bits per heavy atom. The van der Waals surface area contributed by atoms with E-state index in [0.29, 0.717) is 16.7 Å². The molecule has 0 radical (unpaired) electrons.